The van der Waals surface area contributed by atoms with E-state index in [0.717, 1.165) is 69.1 Å². The molecule has 6 heteroatoms. The third kappa shape index (κ3) is 5.67. The van der Waals surface area contributed by atoms with Crippen molar-refractivity contribution in [2.75, 3.05) is 44.2 Å². The van der Waals surface area contributed by atoms with Crippen molar-refractivity contribution < 1.29 is 4.74 Å². The minimum absolute atomic E-state index is 0.253. The van der Waals surface area contributed by atoms with Crippen molar-refractivity contribution in [1.82, 2.24) is 19.9 Å². The fourth-order valence-electron chi connectivity index (χ4n) is 4.76. The van der Waals surface area contributed by atoms with E-state index in [2.05, 4.69) is 87.4 Å². The monoisotopic (exact) mass is 455 g/mol. The van der Waals surface area contributed by atoms with E-state index in [9.17, 15) is 0 Å². The molecule has 0 bridgehead atoms. The number of aryl methyl sites for hydroxylation is 1. The number of benzene rings is 2. The first-order valence-corrected chi connectivity index (χ1v) is 12.4. The Hall–Kier alpha value is -3.14. The summed E-state index contributed by atoms with van der Waals surface area (Å²) in [5.41, 5.74) is 5.55. The fourth-order valence-corrected chi connectivity index (χ4v) is 4.76. The van der Waals surface area contributed by atoms with Gasteiger partial charge in [0.05, 0.1) is 25.4 Å². The number of aromatic nitrogens is 3. The van der Waals surface area contributed by atoms with Gasteiger partial charge in [-0.15, -0.1) is 5.10 Å². The van der Waals surface area contributed by atoms with Crippen molar-refractivity contribution in [3.63, 3.8) is 0 Å². The normalized spacial score (nSPS) is 19.0. The van der Waals surface area contributed by atoms with Crippen molar-refractivity contribution in [3.05, 3.63) is 65.9 Å². The van der Waals surface area contributed by atoms with Gasteiger partial charge < -0.3 is 9.64 Å². The molecule has 0 radical (unpaired) electrons. The maximum atomic E-state index is 5.83. The van der Waals surface area contributed by atoms with Crippen LogP contribution in [0, 0.1) is 18.8 Å². The predicted molar refractivity (Wildman–Crippen MR) is 136 cm³/mol. The Morgan fingerprint density at radius 2 is 1.88 bits per heavy atom. The van der Waals surface area contributed by atoms with Gasteiger partial charge in [-0.05, 0) is 56.0 Å². The van der Waals surface area contributed by atoms with E-state index in [1.54, 1.807) is 0 Å². The summed E-state index contributed by atoms with van der Waals surface area (Å²) in [7, 11) is 0. The van der Waals surface area contributed by atoms with E-state index < -0.39 is 0 Å². The molecule has 176 valence electrons. The van der Waals surface area contributed by atoms with Gasteiger partial charge in [0.25, 0.3) is 0 Å². The molecule has 0 unspecified atom stereocenters. The molecule has 2 aliphatic rings. The standard InChI is InChI=1S/C28H33N5O/c1-23-20-24(8-7-14-31-15-17-32(18-16-31)25-9-3-2-4-10-25)12-13-27(23)28-22-33(30-29-28)21-26-11-5-6-19-34-26/h2-4,9-10,12-13,20,22,26H,5-6,11,14-19,21H2,1H3/t26-/m1/s1. The second-order valence-electron chi connectivity index (χ2n) is 9.24. The van der Waals surface area contributed by atoms with Crippen LogP contribution in [0.5, 0.6) is 0 Å². The number of rotatable bonds is 5. The summed E-state index contributed by atoms with van der Waals surface area (Å²) in [5, 5.41) is 8.73. The number of anilines is 1. The molecule has 2 aliphatic heterocycles. The molecule has 2 fully saturated rings. The number of hydrogen-bond donors (Lipinski definition) is 0. The zero-order valence-electron chi connectivity index (χ0n) is 20.0. The minimum atomic E-state index is 0.253. The maximum absolute atomic E-state index is 5.83. The van der Waals surface area contributed by atoms with Crippen LogP contribution in [-0.4, -0.2) is 65.3 Å². The lowest BCUT2D eigenvalue weighted by Gasteiger charge is -2.35. The molecule has 34 heavy (non-hydrogen) atoms. The van der Waals surface area contributed by atoms with E-state index >= 15 is 0 Å². The van der Waals surface area contributed by atoms with E-state index in [4.69, 9.17) is 4.74 Å². The molecule has 6 nitrogen and oxygen atoms in total. The molecule has 1 aromatic heterocycles. The summed E-state index contributed by atoms with van der Waals surface area (Å²) in [5.74, 6) is 6.72. The predicted octanol–water partition coefficient (Wildman–Crippen LogP) is 4.00. The number of nitrogens with zero attached hydrogens (tertiary/aromatic N) is 5. The first kappa shape index (κ1) is 22.6. The highest BCUT2D eigenvalue weighted by Crippen LogP contribution is 2.23. The molecule has 3 aromatic rings. The van der Waals surface area contributed by atoms with Crippen molar-refractivity contribution >= 4 is 5.69 Å². The Bertz CT molecular complexity index is 1130. The molecular formula is C28H33N5O. The Labute approximate surface area is 202 Å². The zero-order valence-corrected chi connectivity index (χ0v) is 20.0. The number of para-hydroxylation sites is 1. The van der Waals surface area contributed by atoms with Gasteiger partial charge in [0.15, 0.2) is 0 Å². The van der Waals surface area contributed by atoms with Crippen molar-refractivity contribution in [1.29, 1.82) is 0 Å². The van der Waals surface area contributed by atoms with Gasteiger partial charge >= 0.3 is 0 Å². The van der Waals surface area contributed by atoms with Crippen LogP contribution < -0.4 is 4.90 Å². The van der Waals surface area contributed by atoms with Crippen molar-refractivity contribution in [2.45, 2.75) is 38.8 Å². The van der Waals surface area contributed by atoms with Gasteiger partial charge in [-0.1, -0.05) is 41.3 Å². The highest BCUT2D eigenvalue weighted by Gasteiger charge is 2.17. The van der Waals surface area contributed by atoms with Gasteiger partial charge in [0.1, 0.15) is 5.69 Å². The smallest absolute Gasteiger partial charge is 0.113 e. The van der Waals surface area contributed by atoms with Crippen molar-refractivity contribution in [2.24, 2.45) is 0 Å². The summed E-state index contributed by atoms with van der Waals surface area (Å²) in [4.78, 5) is 4.88. The molecule has 2 aromatic carbocycles. The molecule has 0 aliphatic carbocycles. The van der Waals surface area contributed by atoms with Crippen LogP contribution in [-0.2, 0) is 11.3 Å². The van der Waals surface area contributed by atoms with Gasteiger partial charge in [-0.25, -0.2) is 4.68 Å². The van der Waals surface area contributed by atoms with E-state index in [-0.39, 0.29) is 6.10 Å². The van der Waals surface area contributed by atoms with Gasteiger partial charge in [0.2, 0.25) is 0 Å². The molecule has 3 heterocycles. The second-order valence-corrected chi connectivity index (χ2v) is 9.24. The lowest BCUT2D eigenvalue weighted by atomic mass is 10.0. The van der Waals surface area contributed by atoms with Gasteiger partial charge in [-0.2, -0.15) is 0 Å². The first-order valence-electron chi connectivity index (χ1n) is 12.4. The van der Waals surface area contributed by atoms with Crippen LogP contribution in [0.25, 0.3) is 11.3 Å². The average Bonchev–Trinajstić information content (AvgIpc) is 3.34. The molecule has 0 amide bonds. The molecular weight excluding hydrogens is 422 g/mol. The van der Waals surface area contributed by atoms with Crippen LogP contribution in [0.4, 0.5) is 5.69 Å². The largest absolute Gasteiger partial charge is 0.376 e. The van der Waals surface area contributed by atoms with Crippen LogP contribution in [0.3, 0.4) is 0 Å². The van der Waals surface area contributed by atoms with E-state index in [1.165, 1.54) is 24.1 Å². The maximum Gasteiger partial charge on any atom is 0.113 e. The van der Waals surface area contributed by atoms with Crippen LogP contribution >= 0.6 is 0 Å². The fraction of sp³-hybridized carbons (Fsp3) is 0.429. The third-order valence-corrected chi connectivity index (χ3v) is 6.73. The Kier molecular flexibility index (Phi) is 7.23. The molecule has 2 saturated heterocycles. The van der Waals surface area contributed by atoms with Crippen LogP contribution in [0.15, 0.2) is 54.7 Å². The lowest BCUT2D eigenvalue weighted by Crippen LogP contribution is -2.46. The quantitative estimate of drug-likeness (QED) is 0.545. The minimum Gasteiger partial charge on any atom is -0.376 e. The first-order chi connectivity index (χ1) is 16.7. The SMILES string of the molecule is Cc1cc(C#CCN2CCN(c3ccccc3)CC2)ccc1-c1cn(C[C@H]2CCCCO2)nn1. The van der Waals surface area contributed by atoms with E-state index in [0.29, 0.717) is 0 Å². The van der Waals surface area contributed by atoms with Crippen molar-refractivity contribution in [3.8, 4) is 23.1 Å². The third-order valence-electron chi connectivity index (χ3n) is 6.73. The summed E-state index contributed by atoms with van der Waals surface area (Å²) in [6.07, 6.45) is 5.78. The lowest BCUT2D eigenvalue weighted by molar-refractivity contribution is 0.00370. The molecule has 0 spiro atoms. The summed E-state index contributed by atoms with van der Waals surface area (Å²) < 4.78 is 7.75. The zero-order chi connectivity index (χ0) is 23.2. The van der Waals surface area contributed by atoms with Crippen LogP contribution in [0.2, 0.25) is 0 Å². The highest BCUT2D eigenvalue weighted by atomic mass is 16.5. The summed E-state index contributed by atoms with van der Waals surface area (Å²) in [6, 6.07) is 17.0. The number of hydrogen-bond acceptors (Lipinski definition) is 5. The molecule has 5 rings (SSSR count). The Morgan fingerprint density at radius 1 is 1.03 bits per heavy atom. The van der Waals surface area contributed by atoms with E-state index in [1.807, 2.05) is 10.9 Å². The topological polar surface area (TPSA) is 46.4 Å². The summed E-state index contributed by atoms with van der Waals surface area (Å²) >= 11 is 0. The van der Waals surface area contributed by atoms with Gasteiger partial charge in [0, 0.05) is 49.6 Å². The van der Waals surface area contributed by atoms with Gasteiger partial charge in [-0.3, -0.25) is 4.90 Å². The number of piperazine rings is 1. The average molecular weight is 456 g/mol. The number of ether oxygens (including phenoxy) is 1. The summed E-state index contributed by atoms with van der Waals surface area (Å²) in [6.45, 7) is 8.74. The Balaban J connectivity index is 1.15. The highest BCUT2D eigenvalue weighted by molar-refractivity contribution is 5.64. The Morgan fingerprint density at radius 3 is 2.65 bits per heavy atom. The second kappa shape index (κ2) is 10.9. The van der Waals surface area contributed by atoms with Crippen LogP contribution in [0.1, 0.15) is 30.4 Å². The molecule has 0 N–H and O–H groups in total. The molecule has 0 saturated carbocycles. The molecule has 1 atom stereocenters.